The molecule has 0 fully saturated rings. The highest BCUT2D eigenvalue weighted by Gasteiger charge is 2.34. The van der Waals surface area contributed by atoms with Gasteiger partial charge in [0.2, 0.25) is 11.8 Å². The number of anilines is 1. The van der Waals surface area contributed by atoms with Crippen molar-refractivity contribution in [2.75, 3.05) is 31.6 Å². The minimum absolute atomic E-state index is 0.0168. The zero-order chi connectivity index (χ0) is 30.2. The molecule has 41 heavy (non-hydrogen) atoms. The normalized spacial score (nSPS) is 12.0. The first-order valence-electron chi connectivity index (χ1n) is 13.1. The van der Waals surface area contributed by atoms with E-state index >= 15 is 0 Å². The van der Waals surface area contributed by atoms with Crippen LogP contribution in [0, 0.1) is 5.92 Å². The first-order valence-corrected chi connectivity index (χ1v) is 14.9. The molecular formula is C30H36ClN3O6S. The van der Waals surface area contributed by atoms with Crippen LogP contribution in [0.15, 0.2) is 77.7 Å². The lowest BCUT2D eigenvalue weighted by Gasteiger charge is -2.32. The third kappa shape index (κ3) is 8.14. The fraction of sp³-hybridized carbons (Fsp3) is 0.333. The minimum Gasteiger partial charge on any atom is -0.497 e. The van der Waals surface area contributed by atoms with Crippen LogP contribution >= 0.6 is 11.6 Å². The number of hydrogen-bond donors (Lipinski definition) is 1. The number of halogens is 1. The Morgan fingerprint density at radius 1 is 0.927 bits per heavy atom. The average Bonchev–Trinajstić information content (AvgIpc) is 2.97. The summed E-state index contributed by atoms with van der Waals surface area (Å²) in [5, 5.41) is 3.13. The van der Waals surface area contributed by atoms with E-state index in [1.165, 1.54) is 43.4 Å². The highest BCUT2D eigenvalue weighted by molar-refractivity contribution is 7.92. The van der Waals surface area contributed by atoms with Gasteiger partial charge in [-0.15, -0.1) is 0 Å². The van der Waals surface area contributed by atoms with Crippen LogP contribution in [0.5, 0.6) is 11.5 Å². The smallest absolute Gasteiger partial charge is 0.264 e. The Morgan fingerprint density at radius 2 is 1.63 bits per heavy atom. The van der Waals surface area contributed by atoms with Gasteiger partial charge in [0.1, 0.15) is 24.1 Å². The van der Waals surface area contributed by atoms with Crippen molar-refractivity contribution >= 4 is 39.1 Å². The first kappa shape index (κ1) is 31.8. The predicted octanol–water partition coefficient (Wildman–Crippen LogP) is 4.74. The maximum absolute atomic E-state index is 14.1. The molecule has 0 spiro atoms. The number of sulfonamides is 1. The second-order valence-electron chi connectivity index (χ2n) is 9.83. The molecule has 1 atom stereocenters. The van der Waals surface area contributed by atoms with Crippen molar-refractivity contribution in [3.8, 4) is 11.5 Å². The summed E-state index contributed by atoms with van der Waals surface area (Å²) in [6, 6.07) is 18.5. The molecule has 0 saturated heterocycles. The third-order valence-electron chi connectivity index (χ3n) is 6.36. The second-order valence-corrected chi connectivity index (χ2v) is 12.1. The Labute approximate surface area is 247 Å². The quantitative estimate of drug-likeness (QED) is 0.303. The van der Waals surface area contributed by atoms with Crippen LogP contribution in [0.4, 0.5) is 5.69 Å². The molecule has 3 aromatic rings. The van der Waals surface area contributed by atoms with E-state index in [2.05, 4.69) is 5.32 Å². The zero-order valence-corrected chi connectivity index (χ0v) is 25.4. The molecular weight excluding hydrogens is 566 g/mol. The maximum atomic E-state index is 14.1. The largest absolute Gasteiger partial charge is 0.497 e. The van der Waals surface area contributed by atoms with Crippen molar-refractivity contribution in [2.24, 2.45) is 5.92 Å². The fourth-order valence-corrected chi connectivity index (χ4v) is 5.70. The molecule has 0 aliphatic heterocycles. The summed E-state index contributed by atoms with van der Waals surface area (Å²) in [6.45, 7) is 5.41. The highest BCUT2D eigenvalue weighted by Crippen LogP contribution is 2.35. The molecule has 2 amide bonds. The maximum Gasteiger partial charge on any atom is 0.264 e. The lowest BCUT2D eigenvalue weighted by atomic mass is 10.1. The van der Waals surface area contributed by atoms with Gasteiger partial charge < -0.3 is 19.7 Å². The summed E-state index contributed by atoms with van der Waals surface area (Å²) >= 11 is 6.26. The van der Waals surface area contributed by atoms with Gasteiger partial charge in [0.25, 0.3) is 10.0 Å². The van der Waals surface area contributed by atoms with Gasteiger partial charge >= 0.3 is 0 Å². The number of nitrogens with one attached hydrogen (secondary N) is 1. The van der Waals surface area contributed by atoms with Crippen molar-refractivity contribution in [1.29, 1.82) is 0 Å². The van der Waals surface area contributed by atoms with E-state index < -0.39 is 28.5 Å². The molecule has 0 bridgehead atoms. The summed E-state index contributed by atoms with van der Waals surface area (Å²) in [4.78, 5) is 28.5. The Balaban J connectivity index is 2.08. The van der Waals surface area contributed by atoms with E-state index in [4.69, 9.17) is 21.1 Å². The summed E-state index contributed by atoms with van der Waals surface area (Å²) in [5.74, 6) is 0.0531. The van der Waals surface area contributed by atoms with Gasteiger partial charge in [-0.05, 0) is 60.9 Å². The second kappa shape index (κ2) is 14.2. The SMILES string of the molecule is COc1cccc(CN(C(=O)CN(c2cc(Cl)ccc2OC)S(=O)(=O)c2ccccc2)[C@H](C)C(=O)NCC(C)C)c1. The number of carbonyl (C=O) groups is 2. The molecule has 3 rings (SSSR count). The average molecular weight is 602 g/mol. The number of ether oxygens (including phenoxy) is 2. The van der Waals surface area contributed by atoms with E-state index in [1.54, 1.807) is 55.5 Å². The molecule has 0 aliphatic carbocycles. The molecule has 0 aromatic heterocycles. The molecule has 0 radical (unpaired) electrons. The van der Waals surface area contributed by atoms with Crippen LogP contribution in [0.25, 0.3) is 0 Å². The zero-order valence-electron chi connectivity index (χ0n) is 23.8. The van der Waals surface area contributed by atoms with E-state index in [1.807, 2.05) is 13.8 Å². The molecule has 11 heteroatoms. The summed E-state index contributed by atoms with van der Waals surface area (Å²) < 4.78 is 39.6. The van der Waals surface area contributed by atoms with E-state index in [9.17, 15) is 18.0 Å². The van der Waals surface area contributed by atoms with Gasteiger partial charge in [0.15, 0.2) is 0 Å². The van der Waals surface area contributed by atoms with Crippen molar-refractivity contribution < 1.29 is 27.5 Å². The fourth-order valence-electron chi connectivity index (χ4n) is 4.09. The van der Waals surface area contributed by atoms with Gasteiger partial charge in [-0.1, -0.05) is 55.8 Å². The van der Waals surface area contributed by atoms with Crippen LogP contribution in [0.1, 0.15) is 26.3 Å². The summed E-state index contributed by atoms with van der Waals surface area (Å²) in [7, 11) is -1.32. The number of rotatable bonds is 13. The van der Waals surface area contributed by atoms with Crippen molar-refractivity contribution in [2.45, 2.75) is 38.3 Å². The van der Waals surface area contributed by atoms with E-state index in [0.717, 1.165) is 4.31 Å². The van der Waals surface area contributed by atoms with Crippen LogP contribution in [0.3, 0.4) is 0 Å². The lowest BCUT2D eigenvalue weighted by molar-refractivity contribution is -0.139. The summed E-state index contributed by atoms with van der Waals surface area (Å²) in [6.07, 6.45) is 0. The number of carbonyl (C=O) groups excluding carboxylic acids is 2. The number of methoxy groups -OCH3 is 2. The predicted molar refractivity (Wildman–Crippen MR) is 160 cm³/mol. The number of hydrogen-bond acceptors (Lipinski definition) is 6. The number of benzene rings is 3. The molecule has 220 valence electrons. The third-order valence-corrected chi connectivity index (χ3v) is 8.37. The molecule has 0 aliphatic rings. The monoisotopic (exact) mass is 601 g/mol. The van der Waals surface area contributed by atoms with Crippen LogP contribution in [0.2, 0.25) is 5.02 Å². The van der Waals surface area contributed by atoms with Gasteiger partial charge in [-0.3, -0.25) is 13.9 Å². The molecule has 0 heterocycles. The lowest BCUT2D eigenvalue weighted by Crippen LogP contribution is -2.51. The highest BCUT2D eigenvalue weighted by atomic mass is 35.5. The van der Waals surface area contributed by atoms with Crippen LogP contribution < -0.4 is 19.1 Å². The number of nitrogens with zero attached hydrogens (tertiary/aromatic N) is 2. The molecule has 9 nitrogen and oxygen atoms in total. The Morgan fingerprint density at radius 3 is 2.27 bits per heavy atom. The molecule has 0 saturated carbocycles. The van der Waals surface area contributed by atoms with Crippen molar-refractivity contribution in [1.82, 2.24) is 10.2 Å². The van der Waals surface area contributed by atoms with Crippen molar-refractivity contribution in [3.63, 3.8) is 0 Å². The topological polar surface area (TPSA) is 105 Å². The van der Waals surface area contributed by atoms with Gasteiger partial charge in [-0.2, -0.15) is 0 Å². The van der Waals surface area contributed by atoms with Crippen LogP contribution in [-0.4, -0.2) is 58.5 Å². The van der Waals surface area contributed by atoms with Crippen molar-refractivity contribution in [3.05, 3.63) is 83.4 Å². The van der Waals surface area contributed by atoms with Gasteiger partial charge in [0.05, 0.1) is 24.8 Å². The van der Waals surface area contributed by atoms with E-state index in [-0.39, 0.29) is 39.7 Å². The minimum atomic E-state index is -4.26. The van der Waals surface area contributed by atoms with Crippen LogP contribution in [-0.2, 0) is 26.2 Å². The first-order chi connectivity index (χ1) is 19.5. The molecule has 0 unspecified atom stereocenters. The summed E-state index contributed by atoms with van der Waals surface area (Å²) in [5.41, 5.74) is 0.800. The molecule has 3 aromatic carbocycles. The Bertz CT molecular complexity index is 1450. The Hall–Kier alpha value is -3.76. The standard InChI is InChI=1S/C30H36ClN3O6S/c1-21(2)18-32-30(36)22(3)33(19-23-10-9-11-25(16-23)39-4)29(35)20-34(27-17-24(31)14-15-28(27)40-5)41(37,38)26-12-7-6-8-13-26/h6-17,21-22H,18-20H2,1-5H3,(H,32,36)/t22-/m1/s1. The van der Waals surface area contributed by atoms with E-state index in [0.29, 0.717) is 17.9 Å². The Kier molecular flexibility index (Phi) is 11.0. The van der Waals surface area contributed by atoms with Gasteiger partial charge in [0, 0.05) is 18.1 Å². The number of amides is 2. The van der Waals surface area contributed by atoms with Gasteiger partial charge in [-0.25, -0.2) is 8.42 Å². The molecule has 1 N–H and O–H groups in total.